The van der Waals surface area contributed by atoms with Crippen LogP contribution in [0.1, 0.15) is 0 Å². The van der Waals surface area contributed by atoms with Crippen LogP contribution in [0.4, 0.5) is 0 Å². The molecule has 5 heteroatoms. The van der Waals surface area contributed by atoms with Crippen molar-refractivity contribution in [3.63, 3.8) is 0 Å². The van der Waals surface area contributed by atoms with Crippen LogP contribution in [0.25, 0.3) is 0 Å². The van der Waals surface area contributed by atoms with Crippen LogP contribution in [0.2, 0.25) is 0 Å². The fraction of sp³-hybridized carbons (Fsp3) is 0. The Morgan fingerprint density at radius 2 is 1.09 bits per heavy atom. The van der Waals surface area contributed by atoms with E-state index in [1.54, 1.807) is 0 Å². The third kappa shape index (κ3) is 46.4. The second kappa shape index (κ2) is 11.9. The van der Waals surface area contributed by atoms with E-state index in [0.29, 0.717) is 0 Å². The van der Waals surface area contributed by atoms with Crippen LogP contribution in [0.3, 0.4) is 0 Å². The van der Waals surface area contributed by atoms with Crippen molar-refractivity contribution in [1.29, 1.82) is 0 Å². The van der Waals surface area contributed by atoms with Crippen LogP contribution < -0.4 is 10.2 Å². The molecule has 0 fully saturated rings. The maximum atomic E-state index is 9.14. The van der Waals surface area contributed by atoms with Gasteiger partial charge < -0.3 is 19.8 Å². The van der Waals surface area contributed by atoms with Crippen LogP contribution in [-0.4, -0.2) is 35.8 Å². The van der Waals surface area contributed by atoms with Gasteiger partial charge in [-0.2, -0.15) is 0 Å². The van der Waals surface area contributed by atoms with Crippen molar-refractivity contribution in [2.45, 2.75) is 0 Å². The van der Waals surface area contributed by atoms with Crippen molar-refractivity contribution >= 4 is 35.8 Å². The summed E-state index contributed by atoms with van der Waals surface area (Å²) in [7, 11) is 0. The van der Waals surface area contributed by atoms with Crippen LogP contribution in [0, 0.1) is 0 Å². The van der Waals surface area contributed by atoms with E-state index in [-0.39, 0.29) is 23.9 Å². The standard InChI is InChI=1S/2C3H4O2.Sn.2H/c2*1-2-3(4)5;;;/h2*2H,1H2,(H,4,5);;;/q;;+2;;/p-2. The Morgan fingerprint density at radius 1 is 1.00 bits per heavy atom. The van der Waals surface area contributed by atoms with Gasteiger partial charge in [0.2, 0.25) is 0 Å². The Balaban J connectivity index is -0.000000107. The zero-order valence-electron chi connectivity index (χ0n) is 5.91. The van der Waals surface area contributed by atoms with Crippen molar-refractivity contribution in [2.75, 3.05) is 0 Å². The molecule has 0 radical (unpaired) electrons. The zero-order chi connectivity index (χ0) is 8.57. The van der Waals surface area contributed by atoms with Gasteiger partial charge in [0.05, 0.1) is 11.9 Å². The molecular weight excluding hydrogens is 255 g/mol. The van der Waals surface area contributed by atoms with E-state index in [2.05, 4.69) is 13.2 Å². The van der Waals surface area contributed by atoms with Gasteiger partial charge in [-0.1, -0.05) is 13.2 Å². The number of carboxylic acids is 2. The fourth-order valence-corrected chi connectivity index (χ4v) is 0. The first-order valence-electron chi connectivity index (χ1n) is 2.21. The maximum absolute atomic E-state index is 9.14. The molecule has 0 aliphatic heterocycles. The van der Waals surface area contributed by atoms with Gasteiger partial charge in [0.1, 0.15) is 0 Å². The average Bonchev–Trinajstić information content (AvgIpc) is 1.89. The molecule has 0 saturated heterocycles. The summed E-state index contributed by atoms with van der Waals surface area (Å²) in [6.07, 6.45) is 1.44. The number of aliphatic carboxylic acids is 2. The molecule has 0 aliphatic carbocycles. The van der Waals surface area contributed by atoms with Crippen LogP contribution in [-0.2, 0) is 9.59 Å². The molecule has 11 heavy (non-hydrogen) atoms. The summed E-state index contributed by atoms with van der Waals surface area (Å²) >= 11 is 0. The van der Waals surface area contributed by atoms with Crippen molar-refractivity contribution in [1.82, 2.24) is 0 Å². The SMILES string of the molecule is C=CC(=O)[O-].C=CC(=O)[O-].[SnH2+2]. The van der Waals surface area contributed by atoms with E-state index < -0.39 is 11.9 Å². The van der Waals surface area contributed by atoms with Gasteiger partial charge in [-0.05, 0) is 12.2 Å². The Morgan fingerprint density at radius 3 is 1.09 bits per heavy atom. The summed E-state index contributed by atoms with van der Waals surface area (Å²) in [5, 5.41) is 18.3. The molecule has 0 unspecified atom stereocenters. The first-order valence-corrected chi connectivity index (χ1v) is 2.21. The number of rotatable bonds is 2. The van der Waals surface area contributed by atoms with Crippen molar-refractivity contribution in [2.24, 2.45) is 0 Å². The number of carbonyl (C=O) groups excluding carboxylic acids is 2. The second-order valence-electron chi connectivity index (χ2n) is 1.05. The molecule has 0 aromatic carbocycles. The Labute approximate surface area is 81.2 Å². The molecule has 60 valence electrons. The molecule has 0 bridgehead atoms. The van der Waals surface area contributed by atoms with Crippen LogP contribution in [0.5, 0.6) is 0 Å². The third-order valence-corrected chi connectivity index (χ3v) is 0.333. The molecule has 0 amide bonds. The number of carboxylic acid groups (broad SMARTS) is 2. The van der Waals surface area contributed by atoms with Crippen molar-refractivity contribution in [3.8, 4) is 0 Å². The molecule has 0 rings (SSSR count). The molecule has 0 saturated carbocycles. The average molecular weight is 263 g/mol. The first-order chi connectivity index (χ1) is 4.54. The minimum absolute atomic E-state index is 0. The monoisotopic (exact) mass is 264 g/mol. The Kier molecular flexibility index (Phi) is 18.1. The normalized spacial score (nSPS) is 5.82. The predicted octanol–water partition coefficient (Wildman–Crippen LogP) is -3.07. The quantitative estimate of drug-likeness (QED) is 0.391. The summed E-state index contributed by atoms with van der Waals surface area (Å²) in [6, 6.07) is 0. The molecule has 0 atom stereocenters. The topological polar surface area (TPSA) is 80.3 Å². The minimum atomic E-state index is -1.23. The van der Waals surface area contributed by atoms with Gasteiger partial charge >= 0.3 is 23.9 Å². The zero-order valence-corrected chi connectivity index (χ0v) is 9.95. The van der Waals surface area contributed by atoms with Crippen molar-refractivity contribution < 1.29 is 19.8 Å². The van der Waals surface area contributed by atoms with Gasteiger partial charge in [-0.15, -0.1) is 0 Å². The summed E-state index contributed by atoms with van der Waals surface area (Å²) in [5.41, 5.74) is 0. The Hall–Kier alpha value is -0.781. The van der Waals surface area contributed by atoms with E-state index in [1.165, 1.54) is 0 Å². The van der Waals surface area contributed by atoms with Gasteiger partial charge in [-0.25, -0.2) is 0 Å². The summed E-state index contributed by atoms with van der Waals surface area (Å²) < 4.78 is 0. The molecule has 0 aromatic heterocycles. The van der Waals surface area contributed by atoms with Gasteiger partial charge in [0, 0.05) is 0 Å². The number of hydrogen-bond donors (Lipinski definition) is 0. The molecule has 4 nitrogen and oxygen atoms in total. The number of carbonyl (C=O) groups is 2. The van der Waals surface area contributed by atoms with Crippen LogP contribution in [0.15, 0.2) is 25.3 Å². The molecule has 0 aliphatic rings. The van der Waals surface area contributed by atoms with Gasteiger partial charge in [0.25, 0.3) is 0 Å². The molecule has 0 spiro atoms. The Bertz CT molecular complexity index is 135. The van der Waals surface area contributed by atoms with E-state index in [1.807, 2.05) is 0 Å². The number of hydrogen-bond acceptors (Lipinski definition) is 4. The fourth-order valence-electron chi connectivity index (χ4n) is 0. The van der Waals surface area contributed by atoms with Crippen LogP contribution >= 0.6 is 0 Å². The third-order valence-electron chi connectivity index (χ3n) is 0.333. The molecule has 0 N–H and O–H groups in total. The van der Waals surface area contributed by atoms with Gasteiger partial charge in [-0.3, -0.25) is 0 Å². The molecule has 0 heterocycles. The van der Waals surface area contributed by atoms with E-state index in [4.69, 9.17) is 19.8 Å². The van der Waals surface area contributed by atoms with Crippen molar-refractivity contribution in [3.05, 3.63) is 25.3 Å². The predicted molar refractivity (Wildman–Crippen MR) is 39.0 cm³/mol. The molecular formula is C6H8O4Sn. The van der Waals surface area contributed by atoms with E-state index >= 15 is 0 Å². The summed E-state index contributed by atoms with van der Waals surface area (Å²) in [6.45, 7) is 5.80. The summed E-state index contributed by atoms with van der Waals surface area (Å²) in [5.74, 6) is -2.46. The van der Waals surface area contributed by atoms with Gasteiger partial charge in [0.15, 0.2) is 0 Å². The second-order valence-corrected chi connectivity index (χ2v) is 1.05. The van der Waals surface area contributed by atoms with E-state index in [9.17, 15) is 0 Å². The molecule has 0 aromatic rings. The van der Waals surface area contributed by atoms with E-state index in [0.717, 1.165) is 12.2 Å². The first kappa shape index (κ1) is 16.7. The summed E-state index contributed by atoms with van der Waals surface area (Å²) in [4.78, 5) is 18.3.